The first-order chi connectivity index (χ1) is 7.13. The van der Waals surface area contributed by atoms with Crippen molar-refractivity contribution in [1.82, 2.24) is 4.90 Å². The Bertz CT molecular complexity index is 248. The lowest BCUT2D eigenvalue weighted by Gasteiger charge is -2.15. The van der Waals surface area contributed by atoms with E-state index in [1.165, 1.54) is 0 Å². The van der Waals surface area contributed by atoms with Crippen LogP contribution in [0, 0.1) is 5.92 Å². The molecule has 0 saturated carbocycles. The number of carbonyl (C=O) groups is 2. The number of nitrogens with two attached hydrogens (primary N) is 1. The highest BCUT2D eigenvalue weighted by molar-refractivity contribution is 8.00. The van der Waals surface area contributed by atoms with Crippen molar-refractivity contribution in [3.8, 4) is 0 Å². The predicted octanol–water partition coefficient (Wildman–Crippen LogP) is -0.389. The average molecular weight is 232 g/mol. The van der Waals surface area contributed by atoms with Crippen LogP contribution in [0.1, 0.15) is 6.42 Å². The molecular weight excluding hydrogens is 216 g/mol. The van der Waals surface area contributed by atoms with E-state index >= 15 is 0 Å². The van der Waals surface area contributed by atoms with Gasteiger partial charge in [0.15, 0.2) is 0 Å². The van der Waals surface area contributed by atoms with E-state index in [-0.39, 0.29) is 17.4 Å². The Balaban J connectivity index is 2.20. The first kappa shape index (κ1) is 12.3. The molecule has 86 valence electrons. The van der Waals surface area contributed by atoms with Crippen LogP contribution in [-0.2, 0) is 9.59 Å². The minimum absolute atomic E-state index is 0.0140. The third-order valence-electron chi connectivity index (χ3n) is 2.42. The van der Waals surface area contributed by atoms with Crippen molar-refractivity contribution in [3.05, 3.63) is 0 Å². The summed E-state index contributed by atoms with van der Waals surface area (Å²) in [5.74, 6) is -0.201. The molecule has 15 heavy (non-hydrogen) atoms. The summed E-state index contributed by atoms with van der Waals surface area (Å²) in [4.78, 5) is 23.6. The van der Waals surface area contributed by atoms with Gasteiger partial charge in [-0.15, -0.1) is 11.8 Å². The number of carboxylic acids is 1. The van der Waals surface area contributed by atoms with Crippen LogP contribution in [-0.4, -0.2) is 53.0 Å². The molecular formula is C9H16N2O3S. The zero-order valence-corrected chi connectivity index (χ0v) is 9.33. The van der Waals surface area contributed by atoms with Crippen molar-refractivity contribution in [3.63, 3.8) is 0 Å². The maximum Gasteiger partial charge on any atom is 0.313 e. The molecule has 1 heterocycles. The van der Waals surface area contributed by atoms with Gasteiger partial charge in [-0.25, -0.2) is 0 Å². The molecule has 1 atom stereocenters. The van der Waals surface area contributed by atoms with Crippen LogP contribution in [0.15, 0.2) is 0 Å². The number of rotatable bonds is 5. The summed E-state index contributed by atoms with van der Waals surface area (Å²) in [6.45, 7) is 2.10. The number of carbonyl (C=O) groups excluding carboxylic acids is 1. The Labute approximate surface area is 93.0 Å². The second kappa shape index (κ2) is 5.97. The van der Waals surface area contributed by atoms with Gasteiger partial charge in [0.1, 0.15) is 0 Å². The second-order valence-electron chi connectivity index (χ2n) is 3.62. The van der Waals surface area contributed by atoms with Gasteiger partial charge in [0, 0.05) is 13.1 Å². The average Bonchev–Trinajstić information content (AvgIpc) is 2.65. The van der Waals surface area contributed by atoms with Crippen LogP contribution in [0.25, 0.3) is 0 Å². The third-order valence-corrected chi connectivity index (χ3v) is 3.33. The molecule has 0 aromatic carbocycles. The summed E-state index contributed by atoms with van der Waals surface area (Å²) in [6, 6.07) is 0. The van der Waals surface area contributed by atoms with Crippen LogP contribution in [0.5, 0.6) is 0 Å². The normalized spacial score (nSPS) is 20.6. The van der Waals surface area contributed by atoms with E-state index in [1.807, 2.05) is 0 Å². The van der Waals surface area contributed by atoms with E-state index in [2.05, 4.69) is 0 Å². The standard InChI is InChI=1S/C9H16N2O3S/c10-3-7-1-2-11(4-7)8(12)5-15-6-9(13)14/h7H,1-6,10H2,(H,13,14). The van der Waals surface area contributed by atoms with Crippen molar-refractivity contribution in [2.75, 3.05) is 31.1 Å². The number of thioether (sulfide) groups is 1. The summed E-state index contributed by atoms with van der Waals surface area (Å²) in [5, 5.41) is 8.41. The molecule has 1 saturated heterocycles. The molecule has 0 aliphatic carbocycles. The molecule has 1 fully saturated rings. The molecule has 1 aliphatic rings. The molecule has 1 unspecified atom stereocenters. The third kappa shape index (κ3) is 4.09. The molecule has 1 aliphatic heterocycles. The number of likely N-dealkylation sites (tertiary alicyclic amines) is 1. The Hall–Kier alpha value is -0.750. The van der Waals surface area contributed by atoms with E-state index in [9.17, 15) is 9.59 Å². The smallest absolute Gasteiger partial charge is 0.313 e. The van der Waals surface area contributed by atoms with Gasteiger partial charge in [-0.1, -0.05) is 0 Å². The van der Waals surface area contributed by atoms with Crippen LogP contribution >= 0.6 is 11.8 Å². The highest BCUT2D eigenvalue weighted by Gasteiger charge is 2.24. The zero-order chi connectivity index (χ0) is 11.3. The van der Waals surface area contributed by atoms with Crippen molar-refractivity contribution in [2.24, 2.45) is 11.7 Å². The fraction of sp³-hybridized carbons (Fsp3) is 0.778. The van der Waals surface area contributed by atoms with E-state index in [0.29, 0.717) is 12.5 Å². The quantitative estimate of drug-likeness (QED) is 0.674. The van der Waals surface area contributed by atoms with Crippen molar-refractivity contribution in [2.45, 2.75) is 6.42 Å². The van der Waals surface area contributed by atoms with Gasteiger partial charge in [0.2, 0.25) is 5.91 Å². The molecule has 0 spiro atoms. The van der Waals surface area contributed by atoms with E-state index in [1.54, 1.807) is 4.90 Å². The van der Waals surface area contributed by atoms with Crippen molar-refractivity contribution in [1.29, 1.82) is 0 Å². The van der Waals surface area contributed by atoms with Crippen LogP contribution in [0.4, 0.5) is 0 Å². The summed E-state index contributed by atoms with van der Waals surface area (Å²) in [7, 11) is 0. The lowest BCUT2D eigenvalue weighted by atomic mass is 10.1. The molecule has 1 rings (SSSR count). The van der Waals surface area contributed by atoms with Gasteiger partial charge in [0.05, 0.1) is 11.5 Å². The van der Waals surface area contributed by atoms with Crippen LogP contribution in [0.3, 0.4) is 0 Å². The molecule has 3 N–H and O–H groups in total. The number of aliphatic carboxylic acids is 1. The van der Waals surface area contributed by atoms with Crippen LogP contribution < -0.4 is 5.73 Å². The second-order valence-corrected chi connectivity index (χ2v) is 4.60. The first-order valence-electron chi connectivity index (χ1n) is 4.91. The maximum absolute atomic E-state index is 11.6. The van der Waals surface area contributed by atoms with E-state index in [4.69, 9.17) is 10.8 Å². The van der Waals surface area contributed by atoms with Gasteiger partial charge in [0.25, 0.3) is 0 Å². The Morgan fingerprint density at radius 3 is 2.73 bits per heavy atom. The molecule has 5 nitrogen and oxygen atoms in total. The molecule has 0 radical (unpaired) electrons. The summed E-state index contributed by atoms with van der Waals surface area (Å²) < 4.78 is 0. The molecule has 1 amide bonds. The fourth-order valence-electron chi connectivity index (χ4n) is 1.57. The van der Waals surface area contributed by atoms with Crippen LogP contribution in [0.2, 0.25) is 0 Å². The first-order valence-corrected chi connectivity index (χ1v) is 6.06. The largest absolute Gasteiger partial charge is 0.481 e. The highest BCUT2D eigenvalue weighted by Crippen LogP contribution is 2.16. The van der Waals surface area contributed by atoms with Gasteiger partial charge >= 0.3 is 5.97 Å². The minimum Gasteiger partial charge on any atom is -0.481 e. The number of nitrogens with zero attached hydrogens (tertiary/aromatic N) is 1. The summed E-state index contributed by atoms with van der Waals surface area (Å²) in [5.41, 5.74) is 5.52. The monoisotopic (exact) mass is 232 g/mol. The van der Waals surface area contributed by atoms with Gasteiger partial charge in [-0.2, -0.15) is 0 Å². The van der Waals surface area contributed by atoms with Crippen molar-refractivity contribution < 1.29 is 14.7 Å². The number of carboxylic acid groups (broad SMARTS) is 1. The summed E-state index contributed by atoms with van der Waals surface area (Å²) >= 11 is 1.14. The fourth-order valence-corrected chi connectivity index (χ4v) is 2.20. The highest BCUT2D eigenvalue weighted by atomic mass is 32.2. The predicted molar refractivity (Wildman–Crippen MR) is 58.7 cm³/mol. The summed E-state index contributed by atoms with van der Waals surface area (Å²) in [6.07, 6.45) is 0.964. The van der Waals surface area contributed by atoms with E-state index in [0.717, 1.165) is 31.3 Å². The van der Waals surface area contributed by atoms with Gasteiger partial charge < -0.3 is 15.7 Å². The molecule has 0 aromatic heterocycles. The Kier molecular flexibility index (Phi) is 4.90. The van der Waals surface area contributed by atoms with Gasteiger partial charge in [-0.05, 0) is 18.9 Å². The Morgan fingerprint density at radius 1 is 1.47 bits per heavy atom. The number of hydrogen-bond donors (Lipinski definition) is 2. The van der Waals surface area contributed by atoms with E-state index < -0.39 is 5.97 Å². The van der Waals surface area contributed by atoms with Crippen molar-refractivity contribution >= 4 is 23.6 Å². The molecule has 0 aromatic rings. The zero-order valence-electron chi connectivity index (χ0n) is 8.52. The number of amides is 1. The topological polar surface area (TPSA) is 83.6 Å². The Morgan fingerprint density at radius 2 is 2.20 bits per heavy atom. The van der Waals surface area contributed by atoms with Gasteiger partial charge in [-0.3, -0.25) is 9.59 Å². The lowest BCUT2D eigenvalue weighted by Crippen LogP contribution is -2.31. The maximum atomic E-state index is 11.6. The lowest BCUT2D eigenvalue weighted by molar-refractivity contribution is -0.133. The SMILES string of the molecule is NCC1CCN(C(=O)CSCC(=O)O)C1. The molecule has 0 bridgehead atoms. The molecule has 6 heteroatoms. The number of hydrogen-bond acceptors (Lipinski definition) is 4. The minimum atomic E-state index is -0.881.